The van der Waals surface area contributed by atoms with Crippen molar-refractivity contribution < 1.29 is 14.1 Å². The van der Waals surface area contributed by atoms with Crippen LogP contribution in [0.15, 0.2) is 0 Å². The summed E-state index contributed by atoms with van der Waals surface area (Å²) in [7, 11) is -0.281. The van der Waals surface area contributed by atoms with Gasteiger partial charge in [0.25, 0.3) is 0 Å². The lowest BCUT2D eigenvalue weighted by Gasteiger charge is -2.43. The van der Waals surface area contributed by atoms with E-state index in [0.717, 1.165) is 0 Å². The van der Waals surface area contributed by atoms with Gasteiger partial charge in [-0.05, 0) is 33.6 Å². The molecule has 0 N–H and O–H groups in total. The Hall–Kier alpha value is -0.785. The Balaban J connectivity index is 1.87. The maximum Gasteiger partial charge on any atom is 0.463 e. The van der Waals surface area contributed by atoms with Gasteiger partial charge in [-0.2, -0.15) is 0 Å². The van der Waals surface area contributed by atoms with E-state index in [2.05, 4.69) is 33.6 Å². The Labute approximate surface area is 121 Å². The number of carbonyl (C=O) groups excluding carboxylic acids is 1. The number of hydrogen-bond acceptors (Lipinski definition) is 3. The molecule has 3 fully saturated rings. The molecule has 1 aliphatic heterocycles. The molecule has 1 heterocycles. The first-order valence-corrected chi connectivity index (χ1v) is 7.56. The smallest absolute Gasteiger partial charge is 0.403 e. The van der Waals surface area contributed by atoms with Gasteiger partial charge in [0, 0.05) is 24.1 Å². The lowest BCUT2D eigenvalue weighted by atomic mass is 9.48. The number of carbonyl (C=O) groups is 1. The SMILES string of the molecule is C#CC1(C(B2OC(C)(C)C(C)(C)O2)C2CC2)CC(=O)C1. The number of terminal acetylenes is 1. The molecule has 3 nitrogen and oxygen atoms in total. The van der Waals surface area contributed by atoms with Gasteiger partial charge in [-0.1, -0.05) is 18.8 Å². The number of rotatable bonds is 3. The van der Waals surface area contributed by atoms with Crippen LogP contribution in [0.25, 0.3) is 0 Å². The predicted octanol–water partition coefficient (Wildman–Crippen LogP) is 2.84. The molecule has 2 saturated carbocycles. The molecule has 0 aromatic heterocycles. The third kappa shape index (κ3) is 1.95. The molecule has 0 bridgehead atoms. The fourth-order valence-electron chi connectivity index (χ4n) is 3.51. The van der Waals surface area contributed by atoms with Crippen LogP contribution in [-0.4, -0.2) is 24.1 Å². The molecular formula is C16H23BO3. The molecule has 3 rings (SSSR count). The first-order chi connectivity index (χ1) is 9.21. The van der Waals surface area contributed by atoms with Crippen LogP contribution in [0.2, 0.25) is 5.82 Å². The molecule has 0 aromatic carbocycles. The quantitative estimate of drug-likeness (QED) is 0.586. The molecule has 0 radical (unpaired) electrons. The second-order valence-electron chi connectivity index (χ2n) is 7.68. The van der Waals surface area contributed by atoms with Crippen molar-refractivity contribution in [3.8, 4) is 12.3 Å². The van der Waals surface area contributed by atoms with Crippen molar-refractivity contribution >= 4 is 12.9 Å². The van der Waals surface area contributed by atoms with Crippen LogP contribution in [0.3, 0.4) is 0 Å². The summed E-state index contributed by atoms with van der Waals surface area (Å²) in [6.07, 6.45) is 9.12. The Kier molecular flexibility index (Phi) is 2.92. The minimum atomic E-state index is -0.339. The molecule has 108 valence electrons. The Morgan fingerprint density at radius 1 is 1.20 bits per heavy atom. The summed E-state index contributed by atoms with van der Waals surface area (Å²) in [6.45, 7) is 8.24. The highest BCUT2D eigenvalue weighted by atomic mass is 16.7. The van der Waals surface area contributed by atoms with Gasteiger partial charge in [0.2, 0.25) is 0 Å². The summed E-state index contributed by atoms with van der Waals surface area (Å²) in [5.41, 5.74) is -1.01. The van der Waals surface area contributed by atoms with Crippen LogP contribution >= 0.6 is 0 Å². The van der Waals surface area contributed by atoms with Gasteiger partial charge in [0.15, 0.2) is 0 Å². The van der Waals surface area contributed by atoms with Gasteiger partial charge < -0.3 is 9.31 Å². The van der Waals surface area contributed by atoms with E-state index in [-0.39, 0.29) is 35.3 Å². The zero-order valence-corrected chi connectivity index (χ0v) is 12.9. The molecule has 20 heavy (non-hydrogen) atoms. The van der Waals surface area contributed by atoms with Crippen molar-refractivity contribution in [1.29, 1.82) is 0 Å². The first kappa shape index (κ1) is 14.2. The van der Waals surface area contributed by atoms with Crippen LogP contribution in [0.1, 0.15) is 53.4 Å². The molecule has 1 saturated heterocycles. The van der Waals surface area contributed by atoms with Gasteiger partial charge in [-0.25, -0.2) is 0 Å². The highest BCUT2D eigenvalue weighted by molar-refractivity contribution is 6.48. The van der Waals surface area contributed by atoms with Crippen molar-refractivity contribution in [2.45, 2.75) is 70.4 Å². The summed E-state index contributed by atoms with van der Waals surface area (Å²) < 4.78 is 12.4. The maximum atomic E-state index is 11.5. The van der Waals surface area contributed by atoms with Crippen molar-refractivity contribution in [1.82, 2.24) is 0 Å². The van der Waals surface area contributed by atoms with Crippen molar-refractivity contribution in [2.75, 3.05) is 0 Å². The van der Waals surface area contributed by atoms with Crippen molar-refractivity contribution in [3.63, 3.8) is 0 Å². The lowest BCUT2D eigenvalue weighted by Crippen LogP contribution is -2.47. The van der Waals surface area contributed by atoms with Gasteiger partial charge in [-0.15, -0.1) is 6.42 Å². The Bertz CT molecular complexity index is 460. The standard InChI is InChI=1S/C16H23BO3/c1-6-16(9-12(18)10-16)13(11-7-8-11)17-19-14(2,3)15(4,5)20-17/h1,11,13H,7-10H2,2-5H3. The molecule has 2 aliphatic carbocycles. The zero-order valence-electron chi connectivity index (χ0n) is 12.9. The second kappa shape index (κ2) is 4.12. The molecule has 4 heteroatoms. The monoisotopic (exact) mass is 274 g/mol. The molecule has 3 aliphatic rings. The molecule has 1 atom stereocenters. The molecule has 1 unspecified atom stereocenters. The van der Waals surface area contributed by atoms with Crippen LogP contribution in [0.5, 0.6) is 0 Å². The molecule has 0 spiro atoms. The minimum absolute atomic E-state index is 0.159. The fourth-order valence-corrected chi connectivity index (χ4v) is 3.51. The summed E-state index contributed by atoms with van der Waals surface area (Å²) >= 11 is 0. The highest BCUT2D eigenvalue weighted by Gasteiger charge is 2.64. The molecular weight excluding hydrogens is 251 g/mol. The highest BCUT2D eigenvalue weighted by Crippen LogP contribution is 2.60. The zero-order chi connectivity index (χ0) is 14.8. The Morgan fingerprint density at radius 3 is 2.05 bits per heavy atom. The maximum absolute atomic E-state index is 11.5. The summed E-state index contributed by atoms with van der Waals surface area (Å²) in [5, 5.41) is 0. The average molecular weight is 274 g/mol. The molecule has 0 amide bonds. The number of Topliss-reactive ketones (excluding diaryl/α,β-unsaturated/α-hetero) is 1. The number of hydrogen-bond donors (Lipinski definition) is 0. The van der Waals surface area contributed by atoms with Crippen LogP contribution in [0.4, 0.5) is 0 Å². The van der Waals surface area contributed by atoms with Crippen LogP contribution < -0.4 is 0 Å². The third-order valence-electron chi connectivity index (χ3n) is 5.65. The number of ketones is 1. The normalized spacial score (nSPS) is 31.6. The van der Waals surface area contributed by atoms with Crippen LogP contribution in [0, 0.1) is 23.7 Å². The van der Waals surface area contributed by atoms with E-state index in [1.54, 1.807) is 0 Å². The van der Waals surface area contributed by atoms with E-state index in [9.17, 15) is 4.79 Å². The largest absolute Gasteiger partial charge is 0.463 e. The summed E-state index contributed by atoms with van der Waals surface area (Å²) in [5.74, 6) is 3.89. The fraction of sp³-hybridized carbons (Fsp3) is 0.812. The first-order valence-electron chi connectivity index (χ1n) is 7.56. The summed E-state index contributed by atoms with van der Waals surface area (Å²) in [6, 6.07) is 0. The van der Waals surface area contributed by atoms with Gasteiger partial charge >= 0.3 is 7.12 Å². The lowest BCUT2D eigenvalue weighted by molar-refractivity contribution is -0.130. The van der Waals surface area contributed by atoms with Gasteiger partial charge in [-0.3, -0.25) is 4.79 Å². The summed E-state index contributed by atoms with van der Waals surface area (Å²) in [4.78, 5) is 11.5. The predicted molar refractivity (Wildman–Crippen MR) is 78.1 cm³/mol. The van der Waals surface area contributed by atoms with E-state index in [1.165, 1.54) is 12.8 Å². The van der Waals surface area contributed by atoms with Crippen molar-refractivity contribution in [2.24, 2.45) is 11.3 Å². The van der Waals surface area contributed by atoms with E-state index >= 15 is 0 Å². The van der Waals surface area contributed by atoms with E-state index in [4.69, 9.17) is 15.7 Å². The molecule has 0 aromatic rings. The van der Waals surface area contributed by atoms with Crippen LogP contribution in [-0.2, 0) is 14.1 Å². The Morgan fingerprint density at radius 2 is 1.70 bits per heavy atom. The van der Waals surface area contributed by atoms with E-state index in [0.29, 0.717) is 18.8 Å². The van der Waals surface area contributed by atoms with Gasteiger partial charge in [0.05, 0.1) is 11.2 Å². The second-order valence-corrected chi connectivity index (χ2v) is 7.68. The third-order valence-corrected chi connectivity index (χ3v) is 5.65. The average Bonchev–Trinajstić information content (AvgIpc) is 3.05. The minimum Gasteiger partial charge on any atom is -0.403 e. The topological polar surface area (TPSA) is 35.5 Å². The van der Waals surface area contributed by atoms with Gasteiger partial charge in [0.1, 0.15) is 5.78 Å². The van der Waals surface area contributed by atoms with E-state index in [1.807, 2.05) is 0 Å². The van der Waals surface area contributed by atoms with E-state index < -0.39 is 0 Å². The van der Waals surface area contributed by atoms with Crippen molar-refractivity contribution in [3.05, 3.63) is 0 Å².